The van der Waals surface area contributed by atoms with Gasteiger partial charge in [-0.2, -0.15) is 0 Å². The number of nitrogens with one attached hydrogen (secondary N) is 1. The molecule has 1 N–H and O–H groups in total. The number of rotatable bonds is 2. The molecule has 118 valence electrons. The molecular weight excluding hydrogens is 292 g/mol. The third-order valence-corrected chi connectivity index (χ3v) is 4.39. The average Bonchev–Trinajstić information content (AvgIpc) is 2.97. The predicted octanol–water partition coefficient (Wildman–Crippen LogP) is 1.51. The van der Waals surface area contributed by atoms with E-state index in [1.54, 1.807) is 24.7 Å². The Labute approximate surface area is 133 Å². The largest absolute Gasteiger partial charge is 0.355 e. The molecule has 1 fully saturated rings. The molecule has 3 aromatic heterocycles. The average molecular weight is 310 g/mol. The molecule has 0 bridgehead atoms. The first-order valence-electron chi connectivity index (χ1n) is 7.81. The Morgan fingerprint density at radius 1 is 1.22 bits per heavy atom. The molecule has 0 atom stereocenters. The second kappa shape index (κ2) is 5.49. The molecule has 0 radical (unpaired) electrons. The van der Waals surface area contributed by atoms with Crippen molar-refractivity contribution in [1.82, 2.24) is 24.6 Å². The normalized spacial score (nSPS) is 16.1. The van der Waals surface area contributed by atoms with Crippen LogP contribution in [0.3, 0.4) is 0 Å². The van der Waals surface area contributed by atoms with Crippen LogP contribution < -0.4 is 10.5 Å². The highest BCUT2D eigenvalue weighted by Crippen LogP contribution is 2.28. The highest BCUT2D eigenvalue weighted by atomic mass is 16.1. The zero-order valence-corrected chi connectivity index (χ0v) is 12.9. The summed E-state index contributed by atoms with van der Waals surface area (Å²) in [5.74, 6) is 1.23. The smallest absolute Gasteiger partial charge is 0.272 e. The van der Waals surface area contributed by atoms with Crippen LogP contribution in [0.15, 0.2) is 35.5 Å². The van der Waals surface area contributed by atoms with Crippen molar-refractivity contribution in [2.45, 2.75) is 25.7 Å². The van der Waals surface area contributed by atoms with E-state index in [1.165, 1.54) is 4.52 Å². The molecule has 3 aromatic rings. The van der Waals surface area contributed by atoms with Crippen molar-refractivity contribution < 1.29 is 0 Å². The number of anilines is 1. The predicted molar refractivity (Wildman–Crippen MR) is 86.8 cm³/mol. The quantitative estimate of drug-likeness (QED) is 0.776. The lowest BCUT2D eigenvalue weighted by atomic mass is 9.93. The van der Waals surface area contributed by atoms with E-state index in [2.05, 4.69) is 25.0 Å². The Morgan fingerprint density at radius 3 is 2.78 bits per heavy atom. The van der Waals surface area contributed by atoms with Crippen LogP contribution >= 0.6 is 0 Å². The van der Waals surface area contributed by atoms with E-state index < -0.39 is 0 Å². The molecule has 0 aromatic carbocycles. The molecule has 4 heterocycles. The minimum Gasteiger partial charge on any atom is -0.355 e. The van der Waals surface area contributed by atoms with E-state index in [-0.39, 0.29) is 5.56 Å². The van der Waals surface area contributed by atoms with E-state index in [0.717, 1.165) is 43.1 Å². The number of aromatic nitrogens is 5. The van der Waals surface area contributed by atoms with Gasteiger partial charge < -0.3 is 4.90 Å². The fraction of sp³-hybridized carbons (Fsp3) is 0.375. The summed E-state index contributed by atoms with van der Waals surface area (Å²) in [5.41, 5.74) is 2.48. The van der Waals surface area contributed by atoms with Gasteiger partial charge in [0.1, 0.15) is 5.82 Å². The molecule has 1 aliphatic heterocycles. The van der Waals surface area contributed by atoms with Crippen molar-refractivity contribution in [2.75, 3.05) is 18.0 Å². The Balaban J connectivity index is 1.55. The zero-order chi connectivity index (χ0) is 15.8. The van der Waals surface area contributed by atoms with Crippen LogP contribution in [-0.4, -0.2) is 37.7 Å². The minimum absolute atomic E-state index is 0.0468. The molecule has 23 heavy (non-hydrogen) atoms. The van der Waals surface area contributed by atoms with Gasteiger partial charge >= 0.3 is 0 Å². The first-order valence-corrected chi connectivity index (χ1v) is 7.81. The van der Waals surface area contributed by atoms with Crippen molar-refractivity contribution in [3.63, 3.8) is 0 Å². The van der Waals surface area contributed by atoms with E-state index in [9.17, 15) is 4.79 Å². The number of aryl methyl sites for hydroxylation is 1. The summed E-state index contributed by atoms with van der Waals surface area (Å²) in [4.78, 5) is 27.6. The first kappa shape index (κ1) is 13.9. The Hall–Kier alpha value is -2.70. The number of H-pyrrole nitrogens is 1. The molecule has 7 heteroatoms. The lowest BCUT2D eigenvalue weighted by molar-refractivity contribution is 0.493. The van der Waals surface area contributed by atoms with E-state index >= 15 is 0 Å². The van der Waals surface area contributed by atoms with Gasteiger partial charge in [0.2, 0.25) is 0 Å². The van der Waals surface area contributed by atoms with Crippen LogP contribution in [0, 0.1) is 6.92 Å². The summed E-state index contributed by atoms with van der Waals surface area (Å²) in [7, 11) is 0. The molecule has 0 aliphatic carbocycles. The van der Waals surface area contributed by atoms with Gasteiger partial charge in [-0.3, -0.25) is 14.9 Å². The molecule has 7 nitrogen and oxygen atoms in total. The first-order chi connectivity index (χ1) is 11.2. The second-order valence-corrected chi connectivity index (χ2v) is 5.98. The van der Waals surface area contributed by atoms with Crippen LogP contribution in [0.1, 0.15) is 30.1 Å². The maximum absolute atomic E-state index is 12.2. The van der Waals surface area contributed by atoms with Gasteiger partial charge in [-0.05, 0) is 19.8 Å². The molecule has 0 saturated carbocycles. The van der Waals surface area contributed by atoms with Crippen molar-refractivity contribution in [3.05, 3.63) is 52.5 Å². The van der Waals surface area contributed by atoms with Crippen molar-refractivity contribution in [3.8, 4) is 0 Å². The number of hydrogen-bond donors (Lipinski definition) is 1. The van der Waals surface area contributed by atoms with Gasteiger partial charge in [0.15, 0.2) is 5.65 Å². The van der Waals surface area contributed by atoms with Crippen molar-refractivity contribution in [2.24, 2.45) is 0 Å². The van der Waals surface area contributed by atoms with Gasteiger partial charge in [0.25, 0.3) is 5.56 Å². The SMILES string of the molecule is Cc1cc2nc(C3CCN(c4cnccn4)CC3)cc(=O)n2[nH]1. The Kier molecular flexibility index (Phi) is 3.33. The Bertz CT molecular complexity index is 876. The summed E-state index contributed by atoms with van der Waals surface area (Å²) in [6.45, 7) is 3.72. The molecule has 1 aliphatic rings. The minimum atomic E-state index is -0.0468. The molecule has 0 spiro atoms. The van der Waals surface area contributed by atoms with Gasteiger partial charge in [-0.15, -0.1) is 0 Å². The third kappa shape index (κ3) is 2.58. The van der Waals surface area contributed by atoms with Crippen LogP contribution in [0.2, 0.25) is 0 Å². The summed E-state index contributed by atoms with van der Waals surface area (Å²) < 4.78 is 1.49. The van der Waals surface area contributed by atoms with Gasteiger partial charge in [0.05, 0.1) is 11.9 Å². The maximum Gasteiger partial charge on any atom is 0.272 e. The van der Waals surface area contributed by atoms with Crippen LogP contribution in [0.5, 0.6) is 0 Å². The van der Waals surface area contributed by atoms with Crippen LogP contribution in [0.4, 0.5) is 5.82 Å². The summed E-state index contributed by atoms with van der Waals surface area (Å²) in [6.07, 6.45) is 7.11. The highest BCUT2D eigenvalue weighted by Gasteiger charge is 2.23. The highest BCUT2D eigenvalue weighted by molar-refractivity contribution is 5.40. The number of aromatic amines is 1. The summed E-state index contributed by atoms with van der Waals surface area (Å²) >= 11 is 0. The standard InChI is InChI=1S/C16H18N6O/c1-11-8-14-19-13(9-16(23)22(14)20-11)12-2-6-21(7-3-12)15-10-17-4-5-18-15/h4-5,8-10,12,20H,2-3,6-7H2,1H3. The number of nitrogens with zero attached hydrogens (tertiary/aromatic N) is 5. The van der Waals surface area contributed by atoms with Crippen molar-refractivity contribution in [1.29, 1.82) is 0 Å². The molecule has 0 unspecified atom stereocenters. The van der Waals surface area contributed by atoms with E-state index in [4.69, 9.17) is 0 Å². The van der Waals surface area contributed by atoms with Crippen LogP contribution in [0.25, 0.3) is 5.65 Å². The fourth-order valence-corrected chi connectivity index (χ4v) is 3.20. The zero-order valence-electron chi connectivity index (χ0n) is 12.9. The Morgan fingerprint density at radius 2 is 2.04 bits per heavy atom. The summed E-state index contributed by atoms with van der Waals surface area (Å²) in [6, 6.07) is 3.56. The second-order valence-electron chi connectivity index (χ2n) is 5.98. The van der Waals surface area contributed by atoms with Gasteiger partial charge in [-0.1, -0.05) is 0 Å². The van der Waals surface area contributed by atoms with Crippen molar-refractivity contribution >= 4 is 11.5 Å². The van der Waals surface area contributed by atoms with E-state index in [0.29, 0.717) is 11.6 Å². The number of piperidine rings is 1. The fourth-order valence-electron chi connectivity index (χ4n) is 3.20. The number of hydrogen-bond acceptors (Lipinski definition) is 5. The third-order valence-electron chi connectivity index (χ3n) is 4.39. The lowest BCUT2D eigenvalue weighted by Gasteiger charge is -2.32. The van der Waals surface area contributed by atoms with Crippen LogP contribution in [-0.2, 0) is 0 Å². The number of fused-ring (bicyclic) bond motifs is 1. The van der Waals surface area contributed by atoms with E-state index in [1.807, 2.05) is 13.0 Å². The topological polar surface area (TPSA) is 79.2 Å². The molecular formula is C16H18N6O. The maximum atomic E-state index is 12.2. The molecule has 4 rings (SSSR count). The monoisotopic (exact) mass is 310 g/mol. The molecule has 0 amide bonds. The summed E-state index contributed by atoms with van der Waals surface area (Å²) in [5, 5.41) is 3.00. The lowest BCUT2D eigenvalue weighted by Crippen LogP contribution is -2.34. The van der Waals surface area contributed by atoms with Gasteiger partial charge in [-0.25, -0.2) is 14.5 Å². The van der Waals surface area contributed by atoms with Gasteiger partial charge in [0, 0.05) is 49.2 Å². The molecule has 1 saturated heterocycles.